The number of halogens is 1. The summed E-state index contributed by atoms with van der Waals surface area (Å²) in [4.78, 5) is 29.5. The van der Waals surface area contributed by atoms with Crippen molar-refractivity contribution in [2.45, 2.75) is 6.92 Å². The molecule has 0 saturated heterocycles. The van der Waals surface area contributed by atoms with Crippen LogP contribution in [-0.4, -0.2) is 15.6 Å². The molecule has 2 heterocycles. The van der Waals surface area contributed by atoms with Gasteiger partial charge in [0.1, 0.15) is 10.7 Å². The summed E-state index contributed by atoms with van der Waals surface area (Å²) in [6, 6.07) is 8.33. The molecule has 3 rings (SSSR count). The van der Waals surface area contributed by atoms with Gasteiger partial charge in [0.05, 0.1) is 16.0 Å². The van der Waals surface area contributed by atoms with E-state index in [1.807, 2.05) is 0 Å². The number of rotatable bonds is 2. The van der Waals surface area contributed by atoms with E-state index in [1.54, 1.807) is 42.6 Å². The third-order valence-electron chi connectivity index (χ3n) is 3.00. The molecule has 0 aliphatic rings. The molecule has 0 spiro atoms. The largest absolute Gasteiger partial charge is 0.281 e. The molecular weight excluding hydrogens is 310 g/mol. The second-order valence-corrected chi connectivity index (χ2v) is 5.66. The molecule has 2 aromatic heterocycles. The fraction of sp³-hybridized carbons (Fsp3) is 0.0714. The van der Waals surface area contributed by atoms with Crippen molar-refractivity contribution in [3.05, 3.63) is 62.5 Å². The summed E-state index contributed by atoms with van der Waals surface area (Å²) in [5, 5.41) is 2.59. The average Bonchev–Trinajstić information content (AvgIpc) is 2.92. The number of fused-ring (bicyclic) bond motifs is 1. The molecule has 106 valence electrons. The molecule has 0 aliphatic heterocycles. The lowest BCUT2D eigenvalue weighted by molar-refractivity contribution is 0.101. The Bertz CT molecular complexity index is 901. The Kier molecular flexibility index (Phi) is 3.48. The Morgan fingerprint density at radius 2 is 2.10 bits per heavy atom. The molecule has 1 aromatic carbocycles. The molecule has 0 radical (unpaired) electrons. The van der Waals surface area contributed by atoms with E-state index in [-0.39, 0.29) is 5.56 Å². The van der Waals surface area contributed by atoms with E-state index >= 15 is 0 Å². The van der Waals surface area contributed by atoms with Crippen LogP contribution in [0.15, 0.2) is 40.5 Å². The third-order valence-corrected chi connectivity index (χ3v) is 4.13. The summed E-state index contributed by atoms with van der Waals surface area (Å²) in [5.74, 6) is -0.0440. The molecular formula is C14H10ClN3O2S. The average molecular weight is 320 g/mol. The number of nitrogens with zero attached hydrogens (tertiary/aromatic N) is 2. The van der Waals surface area contributed by atoms with Crippen LogP contribution < -0.4 is 11.0 Å². The van der Waals surface area contributed by atoms with Crippen LogP contribution in [0.2, 0.25) is 5.02 Å². The van der Waals surface area contributed by atoms with Crippen LogP contribution in [0.4, 0.5) is 0 Å². The Morgan fingerprint density at radius 1 is 1.33 bits per heavy atom. The molecule has 21 heavy (non-hydrogen) atoms. The number of aromatic nitrogens is 2. The highest BCUT2D eigenvalue weighted by Crippen LogP contribution is 2.16. The lowest BCUT2D eigenvalue weighted by Crippen LogP contribution is -2.35. The van der Waals surface area contributed by atoms with Crippen LogP contribution in [0.3, 0.4) is 0 Å². The second-order valence-electron chi connectivity index (χ2n) is 4.36. The van der Waals surface area contributed by atoms with E-state index in [2.05, 4.69) is 10.4 Å². The van der Waals surface area contributed by atoms with Gasteiger partial charge in [0.2, 0.25) is 0 Å². The topological polar surface area (TPSA) is 64.0 Å². The lowest BCUT2D eigenvalue weighted by Gasteiger charge is -2.11. The summed E-state index contributed by atoms with van der Waals surface area (Å²) in [6.45, 7) is 1.66. The van der Waals surface area contributed by atoms with Crippen molar-refractivity contribution in [3.63, 3.8) is 0 Å². The van der Waals surface area contributed by atoms with Crippen molar-refractivity contribution >= 4 is 39.1 Å². The molecule has 0 unspecified atom stereocenters. The highest BCUT2D eigenvalue weighted by molar-refractivity contribution is 7.16. The smallest absolute Gasteiger partial charge is 0.267 e. The van der Waals surface area contributed by atoms with Gasteiger partial charge in [-0.05, 0) is 30.5 Å². The SMILES string of the molecule is Cc1nc2sccc2c(=O)n1NC(=O)c1ccccc1Cl. The van der Waals surface area contributed by atoms with Gasteiger partial charge in [-0.1, -0.05) is 23.7 Å². The Morgan fingerprint density at radius 3 is 2.86 bits per heavy atom. The van der Waals surface area contributed by atoms with E-state index in [0.717, 1.165) is 4.68 Å². The molecule has 7 heteroatoms. The van der Waals surface area contributed by atoms with Crippen LogP contribution >= 0.6 is 22.9 Å². The minimum absolute atomic E-state index is 0.302. The summed E-state index contributed by atoms with van der Waals surface area (Å²) in [5.41, 5.74) is 2.54. The van der Waals surface area contributed by atoms with E-state index in [1.165, 1.54) is 11.3 Å². The fourth-order valence-electron chi connectivity index (χ4n) is 1.95. The van der Waals surface area contributed by atoms with Crippen LogP contribution in [0.1, 0.15) is 16.2 Å². The van der Waals surface area contributed by atoms with Gasteiger partial charge in [0, 0.05) is 0 Å². The zero-order chi connectivity index (χ0) is 15.0. The van der Waals surface area contributed by atoms with Crippen molar-refractivity contribution in [1.29, 1.82) is 0 Å². The first-order valence-electron chi connectivity index (χ1n) is 6.10. The zero-order valence-electron chi connectivity index (χ0n) is 11.0. The van der Waals surface area contributed by atoms with E-state index in [9.17, 15) is 9.59 Å². The lowest BCUT2D eigenvalue weighted by atomic mass is 10.2. The number of carbonyl (C=O) groups is 1. The number of hydrogen-bond donors (Lipinski definition) is 1. The van der Waals surface area contributed by atoms with Gasteiger partial charge in [0.25, 0.3) is 11.5 Å². The van der Waals surface area contributed by atoms with Crippen molar-refractivity contribution in [1.82, 2.24) is 9.66 Å². The molecule has 5 nitrogen and oxygen atoms in total. The number of benzene rings is 1. The van der Waals surface area contributed by atoms with E-state index < -0.39 is 5.91 Å². The third kappa shape index (κ3) is 2.43. The summed E-state index contributed by atoms with van der Waals surface area (Å²) in [6.07, 6.45) is 0. The maximum absolute atomic E-state index is 12.3. The number of thiophene rings is 1. The van der Waals surface area contributed by atoms with Gasteiger partial charge in [0.15, 0.2) is 0 Å². The van der Waals surface area contributed by atoms with Gasteiger partial charge >= 0.3 is 0 Å². The normalized spacial score (nSPS) is 10.8. The van der Waals surface area contributed by atoms with Crippen molar-refractivity contribution in [3.8, 4) is 0 Å². The van der Waals surface area contributed by atoms with Gasteiger partial charge < -0.3 is 0 Å². The maximum Gasteiger partial charge on any atom is 0.281 e. The predicted molar refractivity (Wildman–Crippen MR) is 83.8 cm³/mol. The number of amides is 1. The summed E-state index contributed by atoms with van der Waals surface area (Å²) in [7, 11) is 0. The number of nitrogens with one attached hydrogen (secondary N) is 1. The Hall–Kier alpha value is -2.18. The Balaban J connectivity index is 2.04. The second kappa shape index (κ2) is 5.31. The molecule has 0 atom stereocenters. The summed E-state index contributed by atoms with van der Waals surface area (Å²) < 4.78 is 1.14. The van der Waals surface area contributed by atoms with Gasteiger partial charge in [-0.2, -0.15) is 0 Å². The standard InChI is InChI=1S/C14H10ClN3O2S/c1-8-16-13-10(6-7-21-13)14(20)18(8)17-12(19)9-4-2-3-5-11(9)15/h2-7H,1H3,(H,17,19). The van der Waals surface area contributed by atoms with E-state index in [0.29, 0.717) is 26.6 Å². The number of hydrogen-bond acceptors (Lipinski definition) is 4. The molecule has 0 aliphatic carbocycles. The Labute approximate surface area is 128 Å². The van der Waals surface area contributed by atoms with Gasteiger partial charge in [-0.15, -0.1) is 11.3 Å². The molecule has 0 fully saturated rings. The molecule has 0 saturated carbocycles. The van der Waals surface area contributed by atoms with Crippen molar-refractivity contribution in [2.75, 3.05) is 5.43 Å². The van der Waals surface area contributed by atoms with Crippen molar-refractivity contribution < 1.29 is 4.79 Å². The maximum atomic E-state index is 12.3. The number of aryl methyl sites for hydroxylation is 1. The minimum Gasteiger partial charge on any atom is -0.267 e. The quantitative estimate of drug-likeness (QED) is 0.790. The first-order chi connectivity index (χ1) is 10.1. The zero-order valence-corrected chi connectivity index (χ0v) is 12.5. The van der Waals surface area contributed by atoms with Gasteiger partial charge in [-0.25, -0.2) is 9.66 Å². The van der Waals surface area contributed by atoms with Crippen molar-refractivity contribution in [2.24, 2.45) is 0 Å². The monoisotopic (exact) mass is 319 g/mol. The molecule has 3 aromatic rings. The van der Waals surface area contributed by atoms with Crippen LogP contribution in [0.5, 0.6) is 0 Å². The molecule has 0 bridgehead atoms. The van der Waals surface area contributed by atoms with Crippen LogP contribution in [0, 0.1) is 6.92 Å². The number of carbonyl (C=O) groups excluding carboxylic acids is 1. The molecule has 1 amide bonds. The minimum atomic E-state index is -0.456. The van der Waals surface area contributed by atoms with Crippen LogP contribution in [-0.2, 0) is 0 Å². The molecule has 1 N–H and O–H groups in total. The van der Waals surface area contributed by atoms with Gasteiger partial charge in [-0.3, -0.25) is 15.0 Å². The first-order valence-corrected chi connectivity index (χ1v) is 7.36. The predicted octanol–water partition coefficient (Wildman–Crippen LogP) is 2.80. The fourth-order valence-corrected chi connectivity index (χ4v) is 2.98. The highest BCUT2D eigenvalue weighted by Gasteiger charge is 2.14. The van der Waals surface area contributed by atoms with Crippen LogP contribution in [0.25, 0.3) is 10.2 Å². The highest BCUT2D eigenvalue weighted by atomic mass is 35.5. The van der Waals surface area contributed by atoms with E-state index in [4.69, 9.17) is 11.6 Å². The summed E-state index contributed by atoms with van der Waals surface area (Å²) >= 11 is 7.36. The first kappa shape index (κ1) is 13.8.